The molecule has 1 aliphatic heterocycles. The number of hydrogen-bond acceptors (Lipinski definition) is 4. The van der Waals surface area contributed by atoms with E-state index in [-0.39, 0.29) is 16.0 Å². The number of methoxy groups -OCH3 is 1. The molecule has 0 saturated carbocycles. The van der Waals surface area contributed by atoms with E-state index in [0.717, 1.165) is 22.6 Å². The lowest BCUT2D eigenvalue weighted by molar-refractivity contribution is -0.384. The SMILES string of the molecule is COc1ccc2c(c1)Nc1c([N+](=O)[O-])cccc1C2(C)C. The third-order valence-electron chi connectivity index (χ3n) is 4.07. The third-order valence-corrected chi connectivity index (χ3v) is 4.07. The van der Waals surface area contributed by atoms with E-state index in [9.17, 15) is 10.1 Å². The fourth-order valence-electron chi connectivity index (χ4n) is 2.92. The highest BCUT2D eigenvalue weighted by molar-refractivity contribution is 5.82. The van der Waals surface area contributed by atoms with Crippen LogP contribution < -0.4 is 10.1 Å². The number of rotatable bonds is 2. The molecule has 0 spiro atoms. The van der Waals surface area contributed by atoms with E-state index in [4.69, 9.17) is 4.74 Å². The summed E-state index contributed by atoms with van der Waals surface area (Å²) in [4.78, 5) is 10.9. The van der Waals surface area contributed by atoms with Gasteiger partial charge in [-0.15, -0.1) is 0 Å². The molecule has 1 heterocycles. The molecule has 0 fully saturated rings. The highest BCUT2D eigenvalue weighted by Gasteiger charge is 2.36. The summed E-state index contributed by atoms with van der Waals surface area (Å²) in [6.45, 7) is 4.14. The summed E-state index contributed by atoms with van der Waals surface area (Å²) in [5, 5.41) is 14.5. The molecule has 3 rings (SSSR count). The van der Waals surface area contributed by atoms with Gasteiger partial charge in [-0.3, -0.25) is 10.1 Å². The van der Waals surface area contributed by atoms with Gasteiger partial charge in [0.2, 0.25) is 0 Å². The number of nitrogens with one attached hydrogen (secondary N) is 1. The highest BCUT2D eigenvalue weighted by Crippen LogP contribution is 2.48. The second kappa shape index (κ2) is 4.48. The number of ether oxygens (including phenoxy) is 1. The van der Waals surface area contributed by atoms with Crippen LogP contribution in [-0.4, -0.2) is 12.0 Å². The van der Waals surface area contributed by atoms with Crippen LogP contribution in [0, 0.1) is 10.1 Å². The maximum absolute atomic E-state index is 11.3. The Labute approximate surface area is 122 Å². The number of benzene rings is 2. The fraction of sp³-hybridized carbons (Fsp3) is 0.250. The quantitative estimate of drug-likeness (QED) is 0.669. The van der Waals surface area contributed by atoms with Gasteiger partial charge in [0.25, 0.3) is 5.69 Å². The Morgan fingerprint density at radius 3 is 2.62 bits per heavy atom. The van der Waals surface area contributed by atoms with Gasteiger partial charge < -0.3 is 10.1 Å². The minimum atomic E-state index is -0.354. The number of para-hydroxylation sites is 1. The van der Waals surface area contributed by atoms with Crippen molar-refractivity contribution in [3.8, 4) is 5.75 Å². The molecule has 1 aliphatic rings. The Kier molecular flexibility index (Phi) is 2.86. The molecule has 5 nitrogen and oxygen atoms in total. The van der Waals surface area contributed by atoms with Crippen LogP contribution in [0.5, 0.6) is 5.75 Å². The van der Waals surface area contributed by atoms with Crippen LogP contribution in [0.4, 0.5) is 17.1 Å². The van der Waals surface area contributed by atoms with Crippen molar-refractivity contribution in [1.82, 2.24) is 0 Å². The zero-order chi connectivity index (χ0) is 15.2. The molecule has 1 N–H and O–H groups in total. The molecular weight excluding hydrogens is 268 g/mol. The summed E-state index contributed by atoms with van der Waals surface area (Å²) in [6, 6.07) is 11.0. The summed E-state index contributed by atoms with van der Waals surface area (Å²) in [6.07, 6.45) is 0. The molecule has 0 atom stereocenters. The molecule has 0 radical (unpaired) electrons. The van der Waals surface area contributed by atoms with Gasteiger partial charge in [-0.2, -0.15) is 0 Å². The molecule has 0 bridgehead atoms. The van der Waals surface area contributed by atoms with Gasteiger partial charge in [0, 0.05) is 23.2 Å². The first-order chi connectivity index (χ1) is 9.95. The standard InChI is InChI=1S/C16H16N2O3/c1-16(2)11-8-7-10(21-3)9-13(11)17-15-12(16)5-4-6-14(15)18(19)20/h4-9,17H,1-3H3. The van der Waals surface area contributed by atoms with Crippen molar-refractivity contribution >= 4 is 17.1 Å². The highest BCUT2D eigenvalue weighted by atomic mass is 16.6. The third kappa shape index (κ3) is 1.93. The Morgan fingerprint density at radius 1 is 1.19 bits per heavy atom. The zero-order valence-electron chi connectivity index (χ0n) is 12.1. The number of nitrogens with zero attached hydrogens (tertiary/aromatic N) is 1. The molecule has 2 aromatic carbocycles. The van der Waals surface area contributed by atoms with Crippen LogP contribution >= 0.6 is 0 Å². The second-order valence-corrected chi connectivity index (χ2v) is 5.62. The summed E-state index contributed by atoms with van der Waals surface area (Å²) in [5.41, 5.74) is 3.21. The average molecular weight is 284 g/mol. The van der Waals surface area contributed by atoms with Crippen LogP contribution in [0.1, 0.15) is 25.0 Å². The maximum Gasteiger partial charge on any atom is 0.292 e. The second-order valence-electron chi connectivity index (χ2n) is 5.62. The summed E-state index contributed by atoms with van der Waals surface area (Å²) in [7, 11) is 1.60. The van der Waals surface area contributed by atoms with Crippen molar-refractivity contribution in [2.45, 2.75) is 19.3 Å². The lowest BCUT2D eigenvalue weighted by Crippen LogP contribution is -2.26. The molecule has 0 amide bonds. The van der Waals surface area contributed by atoms with Gasteiger partial charge in [0.1, 0.15) is 11.4 Å². The largest absolute Gasteiger partial charge is 0.497 e. The van der Waals surface area contributed by atoms with Gasteiger partial charge >= 0.3 is 0 Å². The van der Waals surface area contributed by atoms with E-state index in [2.05, 4.69) is 19.2 Å². The molecule has 5 heteroatoms. The topological polar surface area (TPSA) is 64.4 Å². The van der Waals surface area contributed by atoms with Crippen molar-refractivity contribution in [2.75, 3.05) is 12.4 Å². The predicted molar refractivity (Wildman–Crippen MR) is 81.5 cm³/mol. The number of hydrogen-bond donors (Lipinski definition) is 1. The normalized spacial score (nSPS) is 14.6. The van der Waals surface area contributed by atoms with E-state index < -0.39 is 0 Å². The average Bonchev–Trinajstić information content (AvgIpc) is 2.46. The Balaban J connectivity index is 2.25. The van der Waals surface area contributed by atoms with Crippen molar-refractivity contribution in [1.29, 1.82) is 0 Å². The number of nitro benzene ring substituents is 1. The van der Waals surface area contributed by atoms with Crippen molar-refractivity contribution in [2.24, 2.45) is 0 Å². The molecule has 108 valence electrons. The first-order valence-corrected chi connectivity index (χ1v) is 6.68. The van der Waals surface area contributed by atoms with E-state index in [1.165, 1.54) is 6.07 Å². The van der Waals surface area contributed by atoms with Crippen LogP contribution in [0.25, 0.3) is 0 Å². The van der Waals surface area contributed by atoms with Crippen LogP contribution in [-0.2, 0) is 5.41 Å². The molecule has 2 aromatic rings. The predicted octanol–water partition coefficient (Wildman–Crippen LogP) is 3.99. The van der Waals surface area contributed by atoms with Crippen molar-refractivity contribution in [3.63, 3.8) is 0 Å². The minimum Gasteiger partial charge on any atom is -0.497 e. The van der Waals surface area contributed by atoms with Gasteiger partial charge in [-0.1, -0.05) is 32.0 Å². The summed E-state index contributed by atoms with van der Waals surface area (Å²) >= 11 is 0. The minimum absolute atomic E-state index is 0.0917. The molecule has 0 aliphatic carbocycles. The van der Waals surface area contributed by atoms with Crippen molar-refractivity contribution in [3.05, 3.63) is 57.6 Å². The Morgan fingerprint density at radius 2 is 1.95 bits per heavy atom. The maximum atomic E-state index is 11.3. The molecular formula is C16H16N2O3. The number of anilines is 2. The molecule has 0 aromatic heterocycles. The Bertz CT molecular complexity index is 738. The van der Waals surface area contributed by atoms with Gasteiger partial charge in [0.05, 0.1) is 12.0 Å². The zero-order valence-corrected chi connectivity index (χ0v) is 12.1. The first-order valence-electron chi connectivity index (χ1n) is 6.68. The van der Waals surface area contributed by atoms with Gasteiger partial charge in [-0.25, -0.2) is 0 Å². The Hall–Kier alpha value is -2.56. The van der Waals surface area contributed by atoms with E-state index in [1.54, 1.807) is 13.2 Å². The summed E-state index contributed by atoms with van der Waals surface area (Å²) < 4.78 is 5.24. The number of fused-ring (bicyclic) bond motifs is 2. The van der Waals surface area contributed by atoms with Crippen molar-refractivity contribution < 1.29 is 9.66 Å². The smallest absolute Gasteiger partial charge is 0.292 e. The van der Waals surface area contributed by atoms with E-state index in [1.807, 2.05) is 24.3 Å². The molecule has 21 heavy (non-hydrogen) atoms. The molecule has 0 saturated heterocycles. The summed E-state index contributed by atoms with van der Waals surface area (Å²) in [5.74, 6) is 0.721. The monoisotopic (exact) mass is 284 g/mol. The molecule has 0 unspecified atom stereocenters. The fourth-order valence-corrected chi connectivity index (χ4v) is 2.92. The van der Waals surface area contributed by atoms with Crippen LogP contribution in [0.2, 0.25) is 0 Å². The lowest BCUT2D eigenvalue weighted by atomic mass is 9.74. The van der Waals surface area contributed by atoms with Gasteiger partial charge in [-0.05, 0) is 17.2 Å². The first kappa shape index (κ1) is 13.4. The van der Waals surface area contributed by atoms with Crippen LogP contribution in [0.15, 0.2) is 36.4 Å². The van der Waals surface area contributed by atoms with E-state index in [0.29, 0.717) is 5.69 Å². The number of nitro groups is 1. The van der Waals surface area contributed by atoms with Gasteiger partial charge in [0.15, 0.2) is 0 Å². The lowest BCUT2D eigenvalue weighted by Gasteiger charge is -2.35. The van der Waals surface area contributed by atoms with E-state index >= 15 is 0 Å². The van der Waals surface area contributed by atoms with Crippen LogP contribution in [0.3, 0.4) is 0 Å².